The predicted octanol–water partition coefficient (Wildman–Crippen LogP) is 3.42. The molecule has 2 atom stereocenters. The minimum atomic E-state index is -0.246. The summed E-state index contributed by atoms with van der Waals surface area (Å²) in [5, 5.41) is 14.9. The van der Waals surface area contributed by atoms with E-state index in [1.165, 1.54) is 11.1 Å². The van der Waals surface area contributed by atoms with Gasteiger partial charge in [-0.25, -0.2) is 0 Å². The van der Waals surface area contributed by atoms with Gasteiger partial charge < -0.3 is 10.6 Å². The third-order valence-corrected chi connectivity index (χ3v) is 7.22. The van der Waals surface area contributed by atoms with Gasteiger partial charge in [0.15, 0.2) is 0 Å². The van der Waals surface area contributed by atoms with Crippen molar-refractivity contribution < 1.29 is 4.79 Å². The number of thioether (sulfide) groups is 1. The first-order valence-electron chi connectivity index (χ1n) is 10.8. The maximum atomic E-state index is 12.9. The Bertz CT molecular complexity index is 808. The number of nitriles is 1. The van der Waals surface area contributed by atoms with Crippen LogP contribution in [0.1, 0.15) is 32.3 Å². The minimum Gasteiger partial charge on any atom is -0.342 e. The highest BCUT2D eigenvalue weighted by Gasteiger charge is 2.40. The Kier molecular flexibility index (Phi) is 8.15. The number of hydrogen-bond donors (Lipinski definition) is 2. The van der Waals surface area contributed by atoms with E-state index in [0.29, 0.717) is 5.92 Å². The average molecular weight is 425 g/mol. The summed E-state index contributed by atoms with van der Waals surface area (Å²) in [6, 6.07) is 12.5. The fourth-order valence-corrected chi connectivity index (χ4v) is 5.84. The summed E-state index contributed by atoms with van der Waals surface area (Å²) in [5.41, 5.74) is 2.45. The molecule has 0 aromatic heterocycles. The zero-order valence-electron chi connectivity index (χ0n) is 17.9. The summed E-state index contributed by atoms with van der Waals surface area (Å²) >= 11 is 1.75. The molecule has 1 aliphatic carbocycles. The lowest BCUT2D eigenvalue weighted by Crippen LogP contribution is -2.55. The molecule has 0 saturated carbocycles. The Morgan fingerprint density at radius 1 is 1.30 bits per heavy atom. The summed E-state index contributed by atoms with van der Waals surface area (Å²) in [4.78, 5) is 15.1. The molecule has 2 aliphatic rings. The number of piperazine rings is 1. The quantitative estimate of drug-likeness (QED) is 0.626. The van der Waals surface area contributed by atoms with E-state index in [0.717, 1.165) is 39.0 Å². The first-order valence-corrected chi connectivity index (χ1v) is 11.6. The summed E-state index contributed by atoms with van der Waals surface area (Å²) in [7, 11) is 0. The summed E-state index contributed by atoms with van der Waals surface area (Å²) in [6.45, 7) is 8.18. The maximum absolute atomic E-state index is 12.9. The largest absolute Gasteiger partial charge is 0.342 e. The molecule has 1 unspecified atom stereocenters. The van der Waals surface area contributed by atoms with Gasteiger partial charge in [-0.3, -0.25) is 9.69 Å². The predicted molar refractivity (Wildman–Crippen MR) is 125 cm³/mol. The van der Waals surface area contributed by atoms with Crippen molar-refractivity contribution in [3.05, 3.63) is 54.1 Å². The van der Waals surface area contributed by atoms with Crippen LogP contribution in [0, 0.1) is 17.2 Å². The Hall–Kier alpha value is -2.07. The van der Waals surface area contributed by atoms with Gasteiger partial charge in [-0.1, -0.05) is 62.4 Å². The van der Waals surface area contributed by atoms with E-state index in [1.54, 1.807) is 11.8 Å². The molecule has 2 N–H and O–H groups in total. The lowest BCUT2D eigenvalue weighted by molar-refractivity contribution is -0.120. The van der Waals surface area contributed by atoms with Gasteiger partial charge in [0.05, 0.1) is 16.2 Å². The SMILES string of the molecule is CC(C)C[C@@H](SC1(N2CCNCC2)C=CC(c2ccccc2)=CC1)C(=O)NCC#N. The highest BCUT2D eigenvalue weighted by Crippen LogP contribution is 2.43. The Morgan fingerprint density at radius 3 is 2.63 bits per heavy atom. The first-order chi connectivity index (χ1) is 14.5. The monoisotopic (exact) mass is 424 g/mol. The summed E-state index contributed by atoms with van der Waals surface area (Å²) in [6.07, 6.45) is 8.48. The van der Waals surface area contributed by atoms with Crippen LogP contribution in [0.15, 0.2) is 48.6 Å². The van der Waals surface area contributed by atoms with Crippen LogP contribution in [0.25, 0.3) is 5.57 Å². The van der Waals surface area contributed by atoms with E-state index in [9.17, 15) is 4.79 Å². The molecule has 1 amide bonds. The fourth-order valence-electron chi connectivity index (χ4n) is 4.02. The van der Waals surface area contributed by atoms with E-state index in [2.05, 4.69) is 71.9 Å². The van der Waals surface area contributed by atoms with Crippen LogP contribution in [0.4, 0.5) is 0 Å². The van der Waals surface area contributed by atoms with Gasteiger partial charge in [0, 0.05) is 26.2 Å². The topological polar surface area (TPSA) is 68.2 Å². The highest BCUT2D eigenvalue weighted by molar-refractivity contribution is 8.02. The van der Waals surface area contributed by atoms with Crippen LogP contribution in [0.2, 0.25) is 0 Å². The van der Waals surface area contributed by atoms with E-state index in [4.69, 9.17) is 5.26 Å². The number of carbonyl (C=O) groups excluding carboxylic acids is 1. The van der Waals surface area contributed by atoms with Gasteiger partial charge in [-0.15, -0.1) is 11.8 Å². The van der Waals surface area contributed by atoms with Crippen LogP contribution in [-0.2, 0) is 4.79 Å². The number of amides is 1. The Morgan fingerprint density at radius 2 is 2.03 bits per heavy atom. The molecule has 1 aliphatic heterocycles. The molecule has 160 valence electrons. The third kappa shape index (κ3) is 5.75. The number of nitrogens with zero attached hydrogens (tertiary/aromatic N) is 2. The van der Waals surface area contributed by atoms with Crippen molar-refractivity contribution in [1.82, 2.24) is 15.5 Å². The molecule has 6 heteroatoms. The number of rotatable bonds is 8. The van der Waals surface area contributed by atoms with E-state index in [1.807, 2.05) is 12.1 Å². The van der Waals surface area contributed by atoms with Crippen molar-refractivity contribution in [2.45, 2.75) is 36.8 Å². The standard InChI is InChI=1S/C24H32N4OS/c1-19(2)18-22(23(29)27-13-12-25)30-24(28-16-14-26-15-17-28)10-8-21(9-11-24)20-6-4-3-5-7-20/h3-10,19,22,26H,11,13-18H2,1-2H3,(H,27,29)/t22-,24?/m1/s1. The van der Waals surface area contributed by atoms with E-state index >= 15 is 0 Å². The molecular formula is C24H32N4OS. The lowest BCUT2D eigenvalue weighted by atomic mass is 9.95. The van der Waals surface area contributed by atoms with Crippen molar-refractivity contribution in [2.24, 2.45) is 5.92 Å². The second kappa shape index (κ2) is 10.8. The molecule has 30 heavy (non-hydrogen) atoms. The Balaban J connectivity index is 1.85. The van der Waals surface area contributed by atoms with Gasteiger partial charge in [0.1, 0.15) is 6.54 Å². The van der Waals surface area contributed by atoms with Gasteiger partial charge >= 0.3 is 0 Å². The van der Waals surface area contributed by atoms with Crippen LogP contribution >= 0.6 is 11.8 Å². The second-order valence-electron chi connectivity index (χ2n) is 8.26. The van der Waals surface area contributed by atoms with Crippen LogP contribution in [0.5, 0.6) is 0 Å². The molecule has 0 spiro atoms. The number of carbonyl (C=O) groups is 1. The number of benzene rings is 1. The molecule has 1 aromatic rings. The molecule has 1 saturated heterocycles. The van der Waals surface area contributed by atoms with Crippen molar-refractivity contribution in [2.75, 3.05) is 32.7 Å². The van der Waals surface area contributed by atoms with Crippen LogP contribution in [0.3, 0.4) is 0 Å². The average Bonchev–Trinajstić information content (AvgIpc) is 2.78. The van der Waals surface area contributed by atoms with Crippen LogP contribution < -0.4 is 10.6 Å². The molecule has 1 fully saturated rings. The van der Waals surface area contributed by atoms with Crippen molar-refractivity contribution in [1.29, 1.82) is 5.26 Å². The molecule has 0 bridgehead atoms. The lowest BCUT2D eigenvalue weighted by Gasteiger charge is -2.46. The summed E-state index contributed by atoms with van der Waals surface area (Å²) in [5.74, 6) is 0.370. The Labute approximate surface area is 184 Å². The van der Waals surface area contributed by atoms with Crippen molar-refractivity contribution >= 4 is 23.2 Å². The van der Waals surface area contributed by atoms with E-state index in [-0.39, 0.29) is 22.6 Å². The first kappa shape index (κ1) is 22.6. The molecule has 3 rings (SSSR count). The third-order valence-electron chi connectivity index (χ3n) is 5.56. The minimum absolute atomic E-state index is 0.0315. The number of nitrogens with one attached hydrogen (secondary N) is 2. The smallest absolute Gasteiger partial charge is 0.234 e. The van der Waals surface area contributed by atoms with Crippen molar-refractivity contribution in [3.63, 3.8) is 0 Å². The maximum Gasteiger partial charge on any atom is 0.234 e. The fraction of sp³-hybridized carbons (Fsp3) is 0.500. The molecular weight excluding hydrogens is 392 g/mol. The van der Waals surface area contributed by atoms with Crippen molar-refractivity contribution in [3.8, 4) is 6.07 Å². The zero-order valence-corrected chi connectivity index (χ0v) is 18.8. The van der Waals surface area contributed by atoms with Gasteiger partial charge in [0.2, 0.25) is 5.91 Å². The van der Waals surface area contributed by atoms with Gasteiger partial charge in [-0.05, 0) is 29.9 Å². The molecule has 1 aromatic carbocycles. The highest BCUT2D eigenvalue weighted by atomic mass is 32.2. The summed E-state index contributed by atoms with van der Waals surface area (Å²) < 4.78 is 0. The van der Waals surface area contributed by atoms with E-state index < -0.39 is 0 Å². The van der Waals surface area contributed by atoms with Gasteiger partial charge in [-0.2, -0.15) is 5.26 Å². The van der Waals surface area contributed by atoms with Gasteiger partial charge in [0.25, 0.3) is 0 Å². The zero-order chi connectivity index (χ0) is 21.4. The number of hydrogen-bond acceptors (Lipinski definition) is 5. The number of allylic oxidation sites excluding steroid dienone is 2. The second-order valence-corrected chi connectivity index (χ2v) is 9.77. The van der Waals surface area contributed by atoms with Crippen LogP contribution in [-0.4, -0.2) is 53.7 Å². The molecule has 0 radical (unpaired) electrons. The molecule has 5 nitrogen and oxygen atoms in total. The normalized spacial score (nSPS) is 22.9. The molecule has 1 heterocycles.